The molecule has 0 aromatic carbocycles. The van der Waals surface area contributed by atoms with Gasteiger partial charge in [-0.1, -0.05) is 0 Å². The Hall–Kier alpha value is -1.79. The van der Waals surface area contributed by atoms with E-state index in [4.69, 9.17) is 10.5 Å². The average Bonchev–Trinajstić information content (AvgIpc) is 3.02. The predicted octanol–water partition coefficient (Wildman–Crippen LogP) is 1.64. The second-order valence-corrected chi connectivity index (χ2v) is 8.49. The maximum Gasteiger partial charge on any atom is 0.411 e. The van der Waals surface area contributed by atoms with Crippen molar-refractivity contribution in [2.24, 2.45) is 11.7 Å². The molecule has 140 valence electrons. The summed E-state index contributed by atoms with van der Waals surface area (Å²) in [5.74, 6) is -0.462. The van der Waals surface area contributed by atoms with Crippen molar-refractivity contribution >= 4 is 17.9 Å². The largest absolute Gasteiger partial charge is 0.444 e. The van der Waals surface area contributed by atoms with Gasteiger partial charge in [-0.05, 0) is 65.2 Å². The molecule has 0 spiro atoms. The van der Waals surface area contributed by atoms with Gasteiger partial charge in [-0.2, -0.15) is 0 Å². The van der Waals surface area contributed by atoms with Crippen LogP contribution in [-0.4, -0.2) is 58.0 Å². The Bertz CT molecular complexity index is 563. The van der Waals surface area contributed by atoms with Crippen molar-refractivity contribution in [1.82, 2.24) is 9.80 Å². The van der Waals surface area contributed by atoms with Gasteiger partial charge in [-0.15, -0.1) is 0 Å². The van der Waals surface area contributed by atoms with Gasteiger partial charge < -0.3 is 15.4 Å². The number of primary amides is 1. The molecule has 4 fully saturated rings. The molecule has 2 atom stereocenters. The molecule has 2 N–H and O–H groups in total. The number of nitrogens with two attached hydrogens (primary N) is 1. The van der Waals surface area contributed by atoms with Crippen molar-refractivity contribution in [2.45, 2.75) is 83.0 Å². The summed E-state index contributed by atoms with van der Waals surface area (Å²) in [5.41, 5.74) is 4.86. The van der Waals surface area contributed by atoms with Crippen molar-refractivity contribution in [3.05, 3.63) is 0 Å². The number of hydrogen-bond acceptors (Lipinski definition) is 4. The van der Waals surface area contributed by atoms with Gasteiger partial charge in [0.05, 0.1) is 0 Å². The van der Waals surface area contributed by atoms with Crippen LogP contribution in [0.2, 0.25) is 0 Å². The number of piperidine rings is 2. The van der Waals surface area contributed by atoms with E-state index in [0.29, 0.717) is 13.0 Å². The summed E-state index contributed by atoms with van der Waals surface area (Å²) in [5, 5.41) is 0. The SMILES string of the molecule is CC(C)(C)OC(=O)N1C2CCC(CC2)[C@H]1C(=O)N1CCC[C@H]1C(N)=O. The maximum atomic E-state index is 13.3. The number of ether oxygens (including phenoxy) is 1. The van der Waals surface area contributed by atoms with Gasteiger partial charge in [0.15, 0.2) is 0 Å². The molecule has 0 radical (unpaired) electrons. The fraction of sp³-hybridized carbons (Fsp3) is 0.833. The molecule has 25 heavy (non-hydrogen) atoms. The molecule has 1 saturated carbocycles. The molecule has 4 aliphatic rings. The number of hydrogen-bond donors (Lipinski definition) is 1. The van der Waals surface area contributed by atoms with E-state index in [0.717, 1.165) is 32.1 Å². The number of carbonyl (C=O) groups is 3. The Morgan fingerprint density at radius 1 is 1.04 bits per heavy atom. The number of fused-ring (bicyclic) bond motifs is 3. The monoisotopic (exact) mass is 351 g/mol. The highest BCUT2D eigenvalue weighted by molar-refractivity contribution is 5.92. The van der Waals surface area contributed by atoms with E-state index in [2.05, 4.69) is 0 Å². The third-order valence-corrected chi connectivity index (χ3v) is 5.60. The highest BCUT2D eigenvalue weighted by Crippen LogP contribution is 2.41. The van der Waals surface area contributed by atoms with Crippen LogP contribution in [0.25, 0.3) is 0 Å². The second kappa shape index (κ2) is 6.50. The maximum absolute atomic E-state index is 13.3. The van der Waals surface area contributed by atoms with Gasteiger partial charge in [-0.25, -0.2) is 4.79 Å². The third kappa shape index (κ3) is 3.46. The normalized spacial score (nSPS) is 32.0. The van der Waals surface area contributed by atoms with E-state index in [1.54, 1.807) is 9.80 Å². The minimum Gasteiger partial charge on any atom is -0.444 e. The molecular weight excluding hydrogens is 322 g/mol. The molecule has 0 unspecified atom stereocenters. The summed E-state index contributed by atoms with van der Waals surface area (Å²) in [6.45, 7) is 6.01. The van der Waals surface area contributed by atoms with Crippen molar-refractivity contribution in [3.8, 4) is 0 Å². The van der Waals surface area contributed by atoms with Gasteiger partial charge in [0.2, 0.25) is 11.8 Å². The van der Waals surface area contributed by atoms with Crippen LogP contribution in [0.3, 0.4) is 0 Å². The fourth-order valence-corrected chi connectivity index (χ4v) is 4.54. The summed E-state index contributed by atoms with van der Waals surface area (Å²) in [6, 6.07) is -1.03. The molecule has 7 heteroatoms. The molecular formula is C18H29N3O4. The lowest BCUT2D eigenvalue weighted by Crippen LogP contribution is -2.64. The number of amides is 3. The van der Waals surface area contributed by atoms with Crippen LogP contribution >= 0.6 is 0 Å². The van der Waals surface area contributed by atoms with Crippen molar-refractivity contribution in [2.75, 3.05) is 6.54 Å². The Kier molecular flexibility index (Phi) is 4.68. The molecule has 3 amide bonds. The van der Waals surface area contributed by atoms with Crippen LogP contribution in [0, 0.1) is 5.92 Å². The molecule has 3 saturated heterocycles. The highest BCUT2D eigenvalue weighted by Gasteiger charge is 2.51. The summed E-state index contributed by atoms with van der Waals surface area (Å²) < 4.78 is 5.57. The van der Waals surface area contributed by atoms with Crippen molar-refractivity contribution in [1.29, 1.82) is 0 Å². The first kappa shape index (κ1) is 18.0. The van der Waals surface area contributed by atoms with Gasteiger partial charge in [0, 0.05) is 12.6 Å². The van der Waals surface area contributed by atoms with Crippen LogP contribution in [0.5, 0.6) is 0 Å². The topological polar surface area (TPSA) is 92.9 Å². The van der Waals surface area contributed by atoms with Gasteiger partial charge in [0.1, 0.15) is 17.7 Å². The van der Waals surface area contributed by atoms with Gasteiger partial charge in [-0.3, -0.25) is 14.5 Å². The first-order valence-electron chi connectivity index (χ1n) is 9.30. The van der Waals surface area contributed by atoms with E-state index in [-0.39, 0.29) is 17.9 Å². The molecule has 0 aromatic rings. The van der Waals surface area contributed by atoms with E-state index in [1.165, 1.54) is 0 Å². The quantitative estimate of drug-likeness (QED) is 0.818. The lowest BCUT2D eigenvalue weighted by molar-refractivity contribution is -0.149. The van der Waals surface area contributed by atoms with Crippen LogP contribution < -0.4 is 5.73 Å². The molecule has 4 rings (SSSR count). The molecule has 2 bridgehead atoms. The van der Waals surface area contributed by atoms with E-state index < -0.39 is 29.7 Å². The zero-order valence-electron chi connectivity index (χ0n) is 15.4. The molecule has 3 heterocycles. The zero-order valence-corrected chi connectivity index (χ0v) is 15.4. The molecule has 0 aromatic heterocycles. The highest BCUT2D eigenvalue weighted by atomic mass is 16.6. The lowest BCUT2D eigenvalue weighted by Gasteiger charge is -2.51. The number of likely N-dealkylation sites (tertiary alicyclic amines) is 1. The summed E-state index contributed by atoms with van der Waals surface area (Å²) in [4.78, 5) is 41.0. The number of nitrogens with zero attached hydrogens (tertiary/aromatic N) is 2. The molecule has 7 nitrogen and oxygen atoms in total. The first-order valence-corrected chi connectivity index (χ1v) is 9.30. The van der Waals surface area contributed by atoms with Crippen LogP contribution in [0.1, 0.15) is 59.3 Å². The van der Waals surface area contributed by atoms with Crippen LogP contribution in [-0.2, 0) is 14.3 Å². The smallest absolute Gasteiger partial charge is 0.411 e. The Morgan fingerprint density at radius 2 is 1.68 bits per heavy atom. The summed E-state index contributed by atoms with van der Waals surface area (Å²) in [6.07, 6.45) is 4.65. The standard InChI is InChI=1S/C18H29N3O4/c1-18(2,3)25-17(24)21-12-8-6-11(7-9-12)14(21)16(23)20-10-4-5-13(20)15(19)22/h11-14H,4-10H2,1-3H3,(H2,19,22)/t11?,12?,13-,14-/m0/s1. The van der Waals surface area contributed by atoms with E-state index >= 15 is 0 Å². The second-order valence-electron chi connectivity index (χ2n) is 8.49. The van der Waals surface area contributed by atoms with Gasteiger partial charge >= 0.3 is 6.09 Å². The Labute approximate surface area is 148 Å². The van der Waals surface area contributed by atoms with E-state index in [1.807, 2.05) is 20.8 Å². The van der Waals surface area contributed by atoms with Crippen LogP contribution in [0.15, 0.2) is 0 Å². The summed E-state index contributed by atoms with van der Waals surface area (Å²) >= 11 is 0. The van der Waals surface area contributed by atoms with Gasteiger partial charge in [0.25, 0.3) is 0 Å². The zero-order chi connectivity index (χ0) is 18.4. The predicted molar refractivity (Wildman–Crippen MR) is 91.5 cm³/mol. The Balaban J connectivity index is 1.84. The Morgan fingerprint density at radius 3 is 2.24 bits per heavy atom. The van der Waals surface area contributed by atoms with E-state index in [9.17, 15) is 14.4 Å². The van der Waals surface area contributed by atoms with Crippen molar-refractivity contribution < 1.29 is 19.1 Å². The minimum absolute atomic E-state index is 0.0448. The molecule has 1 aliphatic carbocycles. The number of carbonyl (C=O) groups excluding carboxylic acids is 3. The third-order valence-electron chi connectivity index (χ3n) is 5.60. The average molecular weight is 351 g/mol. The minimum atomic E-state index is -0.606. The van der Waals surface area contributed by atoms with Crippen LogP contribution in [0.4, 0.5) is 4.79 Å². The lowest BCUT2D eigenvalue weighted by atomic mass is 9.74. The number of rotatable bonds is 2. The summed E-state index contributed by atoms with van der Waals surface area (Å²) in [7, 11) is 0. The first-order chi connectivity index (χ1) is 11.7. The van der Waals surface area contributed by atoms with Crippen molar-refractivity contribution in [3.63, 3.8) is 0 Å². The molecule has 3 aliphatic heterocycles. The fourth-order valence-electron chi connectivity index (χ4n) is 4.54.